The van der Waals surface area contributed by atoms with E-state index in [1.54, 1.807) is 23.9 Å². The van der Waals surface area contributed by atoms with Gasteiger partial charge in [-0.15, -0.1) is 11.8 Å². The van der Waals surface area contributed by atoms with Crippen LogP contribution >= 0.6 is 23.4 Å². The fourth-order valence-electron chi connectivity index (χ4n) is 1.06. The van der Waals surface area contributed by atoms with Gasteiger partial charge in [0.1, 0.15) is 0 Å². The van der Waals surface area contributed by atoms with Crippen molar-refractivity contribution in [1.82, 2.24) is 0 Å². The van der Waals surface area contributed by atoms with E-state index >= 15 is 0 Å². The zero-order chi connectivity index (χ0) is 11.1. The summed E-state index contributed by atoms with van der Waals surface area (Å²) >= 11 is 7.30. The largest absolute Gasteiger partial charge is 0.198 e. The fourth-order valence-corrected chi connectivity index (χ4v) is 2.18. The minimum Gasteiger partial charge on any atom is -0.198 e. The Balaban J connectivity index is 2.62. The number of hydrogen-bond acceptors (Lipinski definition) is 3. The summed E-state index contributed by atoms with van der Waals surface area (Å²) in [6, 6.07) is 11.6. The first-order valence-corrected chi connectivity index (χ1v) is 5.68. The number of rotatable bonds is 4. The van der Waals surface area contributed by atoms with E-state index in [0.717, 1.165) is 4.90 Å². The number of nitriles is 2. The van der Waals surface area contributed by atoms with Gasteiger partial charge in [-0.05, 0) is 24.3 Å². The van der Waals surface area contributed by atoms with Gasteiger partial charge in [0, 0.05) is 28.0 Å². The molecule has 0 aromatic heterocycles. The second kappa shape index (κ2) is 6.35. The molecule has 76 valence electrons. The highest BCUT2D eigenvalue weighted by Gasteiger charge is 2.09. The Kier molecular flexibility index (Phi) is 5.04. The summed E-state index contributed by atoms with van der Waals surface area (Å²) in [5.74, 6) is 0. The van der Waals surface area contributed by atoms with Gasteiger partial charge < -0.3 is 0 Å². The van der Waals surface area contributed by atoms with E-state index in [2.05, 4.69) is 12.1 Å². The molecule has 4 heteroatoms. The molecule has 0 aliphatic carbocycles. The summed E-state index contributed by atoms with van der Waals surface area (Å²) in [6.07, 6.45) is 0.779. The van der Waals surface area contributed by atoms with Crippen molar-refractivity contribution in [1.29, 1.82) is 10.5 Å². The maximum atomic E-state index is 8.59. The molecule has 0 unspecified atom stereocenters. The third-order valence-corrected chi connectivity index (χ3v) is 3.22. The highest BCUT2D eigenvalue weighted by molar-refractivity contribution is 8.00. The summed E-state index contributed by atoms with van der Waals surface area (Å²) in [4.78, 5) is 1.04. The normalized spacial score (nSPS) is 9.60. The van der Waals surface area contributed by atoms with Gasteiger partial charge in [-0.2, -0.15) is 10.5 Å². The van der Waals surface area contributed by atoms with Crippen LogP contribution in [0.25, 0.3) is 0 Å². The third-order valence-electron chi connectivity index (χ3n) is 1.75. The van der Waals surface area contributed by atoms with Gasteiger partial charge in [0.05, 0.1) is 12.1 Å². The predicted octanol–water partition coefficient (Wildman–Crippen LogP) is 3.63. The van der Waals surface area contributed by atoms with Gasteiger partial charge in [-0.3, -0.25) is 0 Å². The van der Waals surface area contributed by atoms with Crippen LogP contribution in [-0.4, -0.2) is 5.25 Å². The Hall–Kier alpha value is -1.16. The van der Waals surface area contributed by atoms with Crippen molar-refractivity contribution >= 4 is 23.4 Å². The van der Waals surface area contributed by atoms with Crippen LogP contribution < -0.4 is 0 Å². The first-order valence-electron chi connectivity index (χ1n) is 4.42. The molecule has 0 aliphatic rings. The lowest BCUT2D eigenvalue weighted by Crippen LogP contribution is -1.99. The van der Waals surface area contributed by atoms with Crippen molar-refractivity contribution in [3.63, 3.8) is 0 Å². The van der Waals surface area contributed by atoms with Gasteiger partial charge in [-0.25, -0.2) is 0 Å². The van der Waals surface area contributed by atoms with Crippen molar-refractivity contribution in [2.45, 2.75) is 23.0 Å². The molecule has 0 fully saturated rings. The molecule has 0 saturated carbocycles. The van der Waals surface area contributed by atoms with E-state index in [1.165, 1.54) is 0 Å². The molecule has 0 heterocycles. The smallest absolute Gasteiger partial charge is 0.0633 e. The Morgan fingerprint density at radius 3 is 2.13 bits per heavy atom. The average molecular weight is 237 g/mol. The molecule has 15 heavy (non-hydrogen) atoms. The Morgan fingerprint density at radius 1 is 1.13 bits per heavy atom. The number of benzene rings is 1. The number of hydrogen-bond donors (Lipinski definition) is 0. The van der Waals surface area contributed by atoms with Crippen LogP contribution in [0.5, 0.6) is 0 Å². The molecule has 0 amide bonds. The summed E-state index contributed by atoms with van der Waals surface area (Å²) in [7, 11) is 0. The van der Waals surface area contributed by atoms with Crippen LogP contribution in [0.1, 0.15) is 12.8 Å². The first-order chi connectivity index (χ1) is 7.26. The SMILES string of the molecule is N#CCC(CC#N)Sc1ccc(Cl)cc1. The quantitative estimate of drug-likeness (QED) is 0.750. The lowest BCUT2D eigenvalue weighted by Gasteiger charge is -2.08. The standard InChI is InChI=1S/C11H9ClN2S/c12-9-1-3-10(4-2-9)15-11(5-7-13)6-8-14/h1-4,11H,5-6H2. The van der Waals surface area contributed by atoms with Crippen molar-refractivity contribution in [2.24, 2.45) is 0 Å². The zero-order valence-corrected chi connectivity index (χ0v) is 9.55. The molecule has 0 N–H and O–H groups in total. The van der Waals surface area contributed by atoms with Gasteiger partial charge >= 0.3 is 0 Å². The predicted molar refractivity (Wildman–Crippen MR) is 61.6 cm³/mol. The molecule has 0 aliphatic heterocycles. The minimum atomic E-state index is 0.0428. The third kappa shape index (κ3) is 4.25. The monoisotopic (exact) mass is 236 g/mol. The maximum absolute atomic E-state index is 8.59. The molecule has 0 saturated heterocycles. The molecule has 1 aromatic rings. The summed E-state index contributed by atoms with van der Waals surface area (Å²) in [5, 5.41) is 17.9. The first kappa shape index (κ1) is 11.9. The van der Waals surface area contributed by atoms with Crippen molar-refractivity contribution in [2.75, 3.05) is 0 Å². The number of thioether (sulfide) groups is 1. The molecule has 0 atom stereocenters. The summed E-state index contributed by atoms with van der Waals surface area (Å²) < 4.78 is 0. The minimum absolute atomic E-state index is 0.0428. The molecular weight excluding hydrogens is 228 g/mol. The van der Waals surface area contributed by atoms with E-state index in [9.17, 15) is 0 Å². The second-order valence-electron chi connectivity index (χ2n) is 2.92. The summed E-state index contributed by atoms with van der Waals surface area (Å²) in [6.45, 7) is 0. The molecule has 1 aromatic carbocycles. The van der Waals surface area contributed by atoms with E-state index in [0.29, 0.717) is 17.9 Å². The van der Waals surface area contributed by atoms with Crippen molar-refractivity contribution in [3.8, 4) is 12.1 Å². The van der Waals surface area contributed by atoms with Gasteiger partial charge in [0.2, 0.25) is 0 Å². The van der Waals surface area contributed by atoms with Gasteiger partial charge in [0.25, 0.3) is 0 Å². The summed E-state index contributed by atoms with van der Waals surface area (Å²) in [5.41, 5.74) is 0. The van der Waals surface area contributed by atoms with Crippen LogP contribution in [0.4, 0.5) is 0 Å². The van der Waals surface area contributed by atoms with Crippen LogP contribution in [0.2, 0.25) is 5.02 Å². The number of nitrogens with zero attached hydrogens (tertiary/aromatic N) is 2. The zero-order valence-electron chi connectivity index (χ0n) is 7.98. The van der Waals surface area contributed by atoms with Gasteiger partial charge in [-0.1, -0.05) is 11.6 Å². The number of halogens is 1. The molecule has 0 bridgehead atoms. The van der Waals surface area contributed by atoms with E-state index < -0.39 is 0 Å². The highest BCUT2D eigenvalue weighted by Crippen LogP contribution is 2.28. The molecular formula is C11H9ClN2S. The Labute approximate surface area is 98.5 Å². The molecule has 0 spiro atoms. The van der Waals surface area contributed by atoms with Gasteiger partial charge in [0.15, 0.2) is 0 Å². The molecule has 1 rings (SSSR count). The van der Waals surface area contributed by atoms with Crippen molar-refractivity contribution < 1.29 is 0 Å². The molecule has 2 nitrogen and oxygen atoms in total. The fraction of sp³-hybridized carbons (Fsp3) is 0.273. The van der Waals surface area contributed by atoms with E-state index in [1.807, 2.05) is 12.1 Å². The van der Waals surface area contributed by atoms with Crippen LogP contribution in [-0.2, 0) is 0 Å². The highest BCUT2D eigenvalue weighted by atomic mass is 35.5. The Morgan fingerprint density at radius 2 is 1.67 bits per heavy atom. The van der Waals surface area contributed by atoms with Crippen LogP contribution in [0.15, 0.2) is 29.2 Å². The maximum Gasteiger partial charge on any atom is 0.0633 e. The average Bonchev–Trinajstić information content (AvgIpc) is 2.22. The second-order valence-corrected chi connectivity index (χ2v) is 4.73. The molecule has 0 radical (unpaired) electrons. The van der Waals surface area contributed by atoms with Crippen LogP contribution in [0.3, 0.4) is 0 Å². The lowest BCUT2D eigenvalue weighted by atomic mass is 10.2. The topological polar surface area (TPSA) is 47.6 Å². The van der Waals surface area contributed by atoms with E-state index in [4.69, 9.17) is 22.1 Å². The lowest BCUT2D eigenvalue weighted by molar-refractivity contribution is 0.906. The van der Waals surface area contributed by atoms with Crippen molar-refractivity contribution in [3.05, 3.63) is 29.3 Å². The van der Waals surface area contributed by atoms with E-state index in [-0.39, 0.29) is 5.25 Å². The Bertz CT molecular complexity index is 373. The van der Waals surface area contributed by atoms with Crippen LogP contribution in [0, 0.1) is 22.7 Å².